The van der Waals surface area contributed by atoms with E-state index >= 15 is 0 Å². The topological polar surface area (TPSA) is 79.8 Å². The Bertz CT molecular complexity index is 953. The standard InChI is InChI=1S/C18H18Cl2N6O/c1-11-21-17(25-22-11)15-5-6-16(24-23-15)26-9-18(10-26,27-2)8-12-3-4-13(19)14(20)7-12/h3-7H,8-10H2,1-2H3,(H,21,22,25). The molecule has 0 amide bonds. The van der Waals surface area contributed by atoms with Crippen molar-refractivity contribution in [2.75, 3.05) is 25.1 Å². The zero-order valence-electron chi connectivity index (χ0n) is 14.9. The number of aromatic nitrogens is 5. The van der Waals surface area contributed by atoms with Gasteiger partial charge in [0.15, 0.2) is 5.82 Å². The monoisotopic (exact) mass is 404 g/mol. The molecule has 0 saturated carbocycles. The van der Waals surface area contributed by atoms with E-state index < -0.39 is 0 Å². The van der Waals surface area contributed by atoms with Gasteiger partial charge in [-0.15, -0.1) is 10.2 Å². The molecule has 9 heteroatoms. The molecule has 0 aliphatic carbocycles. The van der Waals surface area contributed by atoms with Gasteiger partial charge in [0.2, 0.25) is 5.82 Å². The first-order valence-electron chi connectivity index (χ1n) is 8.45. The number of H-pyrrole nitrogens is 1. The molecule has 0 unspecified atom stereocenters. The summed E-state index contributed by atoms with van der Waals surface area (Å²) < 4.78 is 5.81. The predicted molar refractivity (Wildman–Crippen MR) is 104 cm³/mol. The summed E-state index contributed by atoms with van der Waals surface area (Å²) in [5, 5.41) is 16.6. The fourth-order valence-electron chi connectivity index (χ4n) is 3.22. The summed E-state index contributed by atoms with van der Waals surface area (Å²) in [5.74, 6) is 2.08. The number of aryl methyl sites for hydroxylation is 1. The molecule has 2 aromatic heterocycles. The van der Waals surface area contributed by atoms with Crippen LogP contribution in [0.4, 0.5) is 5.82 Å². The minimum atomic E-state index is -0.279. The third kappa shape index (κ3) is 3.63. The van der Waals surface area contributed by atoms with Crippen LogP contribution < -0.4 is 4.90 Å². The number of nitrogens with one attached hydrogen (secondary N) is 1. The van der Waals surface area contributed by atoms with Crippen molar-refractivity contribution in [1.82, 2.24) is 25.4 Å². The zero-order valence-corrected chi connectivity index (χ0v) is 16.4. The first-order chi connectivity index (χ1) is 13.0. The van der Waals surface area contributed by atoms with Crippen LogP contribution >= 0.6 is 23.2 Å². The third-order valence-electron chi connectivity index (χ3n) is 4.70. The Morgan fingerprint density at radius 1 is 1.15 bits per heavy atom. The van der Waals surface area contributed by atoms with Gasteiger partial charge in [-0.2, -0.15) is 5.10 Å². The van der Waals surface area contributed by atoms with Gasteiger partial charge in [-0.3, -0.25) is 5.10 Å². The molecule has 1 aliphatic rings. The second-order valence-corrected chi connectivity index (χ2v) is 7.50. The Morgan fingerprint density at radius 2 is 1.96 bits per heavy atom. The van der Waals surface area contributed by atoms with E-state index in [1.165, 1.54) is 0 Å². The molecule has 0 radical (unpaired) electrons. The lowest BCUT2D eigenvalue weighted by Gasteiger charge is -2.49. The maximum absolute atomic E-state index is 6.12. The maximum atomic E-state index is 6.12. The Kier molecular flexibility index (Phi) is 4.75. The molecule has 4 rings (SSSR count). The van der Waals surface area contributed by atoms with Crippen molar-refractivity contribution < 1.29 is 4.74 Å². The van der Waals surface area contributed by atoms with Crippen LogP contribution in [0.5, 0.6) is 0 Å². The molecule has 0 atom stereocenters. The SMILES string of the molecule is COC1(Cc2ccc(Cl)c(Cl)c2)CN(c2ccc(-c3n[nH]c(C)n3)nn2)C1. The number of halogens is 2. The molecule has 1 aliphatic heterocycles. The average Bonchev–Trinajstić information content (AvgIpc) is 3.07. The van der Waals surface area contributed by atoms with E-state index in [4.69, 9.17) is 27.9 Å². The number of aromatic amines is 1. The number of hydrogen-bond donors (Lipinski definition) is 1. The molecule has 1 aromatic carbocycles. The van der Waals surface area contributed by atoms with Gasteiger partial charge in [-0.25, -0.2) is 4.98 Å². The van der Waals surface area contributed by atoms with Gasteiger partial charge in [0.25, 0.3) is 0 Å². The maximum Gasteiger partial charge on any atom is 0.201 e. The van der Waals surface area contributed by atoms with Gasteiger partial charge in [0.05, 0.1) is 23.1 Å². The lowest BCUT2D eigenvalue weighted by molar-refractivity contribution is -0.0328. The van der Waals surface area contributed by atoms with Gasteiger partial charge in [-0.05, 0) is 36.8 Å². The van der Waals surface area contributed by atoms with Crippen molar-refractivity contribution in [1.29, 1.82) is 0 Å². The van der Waals surface area contributed by atoms with E-state index in [-0.39, 0.29) is 5.60 Å². The Balaban J connectivity index is 1.44. The number of hydrogen-bond acceptors (Lipinski definition) is 6. The lowest BCUT2D eigenvalue weighted by Crippen LogP contribution is -2.64. The fraction of sp³-hybridized carbons (Fsp3) is 0.333. The Hall–Kier alpha value is -2.22. The van der Waals surface area contributed by atoms with Crippen LogP contribution in [-0.4, -0.2) is 51.2 Å². The van der Waals surface area contributed by atoms with Crippen LogP contribution in [0.25, 0.3) is 11.5 Å². The highest BCUT2D eigenvalue weighted by Crippen LogP contribution is 2.33. The number of anilines is 1. The summed E-state index contributed by atoms with van der Waals surface area (Å²) in [5.41, 5.74) is 1.45. The van der Waals surface area contributed by atoms with Crippen molar-refractivity contribution in [3.63, 3.8) is 0 Å². The number of ether oxygens (including phenoxy) is 1. The molecule has 3 aromatic rings. The quantitative estimate of drug-likeness (QED) is 0.702. The van der Waals surface area contributed by atoms with Gasteiger partial charge >= 0.3 is 0 Å². The molecule has 3 heterocycles. The first-order valence-corrected chi connectivity index (χ1v) is 9.21. The summed E-state index contributed by atoms with van der Waals surface area (Å²) in [4.78, 5) is 6.39. The molecular formula is C18H18Cl2N6O. The van der Waals surface area contributed by atoms with Crippen LogP contribution in [0.1, 0.15) is 11.4 Å². The Labute approximate surface area is 166 Å². The smallest absolute Gasteiger partial charge is 0.201 e. The average molecular weight is 405 g/mol. The number of nitrogens with zero attached hydrogens (tertiary/aromatic N) is 5. The second kappa shape index (κ2) is 7.07. The molecule has 0 bridgehead atoms. The third-order valence-corrected chi connectivity index (χ3v) is 5.44. The Morgan fingerprint density at radius 3 is 2.56 bits per heavy atom. The minimum absolute atomic E-state index is 0.279. The van der Waals surface area contributed by atoms with E-state index in [1.54, 1.807) is 7.11 Å². The van der Waals surface area contributed by atoms with Crippen molar-refractivity contribution in [2.24, 2.45) is 0 Å². The van der Waals surface area contributed by atoms with E-state index in [0.717, 1.165) is 36.7 Å². The zero-order chi connectivity index (χ0) is 19.0. The van der Waals surface area contributed by atoms with E-state index in [1.807, 2.05) is 37.3 Å². The number of rotatable bonds is 5. The molecule has 27 heavy (non-hydrogen) atoms. The van der Waals surface area contributed by atoms with Gasteiger partial charge in [0, 0.05) is 13.5 Å². The van der Waals surface area contributed by atoms with Gasteiger partial charge in [-0.1, -0.05) is 29.3 Å². The number of benzene rings is 1. The second-order valence-electron chi connectivity index (χ2n) is 6.69. The summed E-state index contributed by atoms with van der Waals surface area (Å²) >= 11 is 12.1. The first kappa shape index (κ1) is 18.2. The number of methoxy groups -OCH3 is 1. The normalized spacial score (nSPS) is 15.6. The molecule has 1 N–H and O–H groups in total. The predicted octanol–water partition coefficient (Wildman–Crippen LogP) is 3.32. The molecule has 140 valence electrons. The van der Waals surface area contributed by atoms with Gasteiger partial charge < -0.3 is 9.64 Å². The molecule has 0 spiro atoms. The highest BCUT2D eigenvalue weighted by atomic mass is 35.5. The van der Waals surface area contributed by atoms with Crippen molar-refractivity contribution >= 4 is 29.0 Å². The van der Waals surface area contributed by atoms with Gasteiger partial charge in [0.1, 0.15) is 17.1 Å². The summed E-state index contributed by atoms with van der Waals surface area (Å²) in [7, 11) is 1.73. The molecular weight excluding hydrogens is 387 g/mol. The van der Waals surface area contributed by atoms with Crippen LogP contribution in [0.15, 0.2) is 30.3 Å². The van der Waals surface area contributed by atoms with Crippen molar-refractivity contribution in [2.45, 2.75) is 18.9 Å². The van der Waals surface area contributed by atoms with Crippen LogP contribution in [0.2, 0.25) is 10.0 Å². The van der Waals surface area contributed by atoms with Crippen LogP contribution in [0.3, 0.4) is 0 Å². The lowest BCUT2D eigenvalue weighted by atomic mass is 9.86. The van der Waals surface area contributed by atoms with E-state index in [0.29, 0.717) is 21.6 Å². The summed E-state index contributed by atoms with van der Waals surface area (Å²) in [6.07, 6.45) is 0.749. The fourth-order valence-corrected chi connectivity index (χ4v) is 3.54. The molecule has 1 fully saturated rings. The highest BCUT2D eigenvalue weighted by Gasteiger charge is 2.44. The van der Waals surface area contributed by atoms with Crippen LogP contribution in [-0.2, 0) is 11.2 Å². The van der Waals surface area contributed by atoms with E-state index in [2.05, 4.69) is 30.3 Å². The summed E-state index contributed by atoms with van der Waals surface area (Å²) in [6, 6.07) is 9.48. The molecule has 7 nitrogen and oxygen atoms in total. The highest BCUT2D eigenvalue weighted by molar-refractivity contribution is 6.42. The summed E-state index contributed by atoms with van der Waals surface area (Å²) in [6.45, 7) is 3.28. The van der Waals surface area contributed by atoms with Crippen molar-refractivity contribution in [3.05, 3.63) is 51.8 Å². The van der Waals surface area contributed by atoms with Crippen molar-refractivity contribution in [3.8, 4) is 11.5 Å². The largest absolute Gasteiger partial charge is 0.374 e. The molecule has 1 saturated heterocycles. The van der Waals surface area contributed by atoms with E-state index in [9.17, 15) is 0 Å². The van der Waals surface area contributed by atoms with Crippen LogP contribution in [0, 0.1) is 6.92 Å². The minimum Gasteiger partial charge on any atom is -0.374 e.